The molecule has 1 aliphatic carbocycles. The minimum atomic E-state index is 0.598. The molecule has 0 saturated heterocycles. The van der Waals surface area contributed by atoms with Gasteiger partial charge in [-0.1, -0.05) is 13.3 Å². The first-order valence-electron chi connectivity index (χ1n) is 6.40. The molecule has 1 fully saturated rings. The van der Waals surface area contributed by atoms with Crippen LogP contribution in [0, 0.1) is 31.1 Å². The summed E-state index contributed by atoms with van der Waals surface area (Å²) in [6.07, 6.45) is 3.92. The molecule has 0 spiro atoms. The summed E-state index contributed by atoms with van der Waals surface area (Å²) < 4.78 is 0. The quantitative estimate of drug-likeness (QED) is 0.836. The van der Waals surface area contributed by atoms with Gasteiger partial charge in [0.1, 0.15) is 0 Å². The lowest BCUT2D eigenvalue weighted by atomic mass is 10.0. The lowest BCUT2D eigenvalue weighted by molar-refractivity contribution is 0.556. The van der Waals surface area contributed by atoms with Crippen molar-refractivity contribution in [2.45, 2.75) is 46.1 Å². The predicted octanol–water partition coefficient (Wildman–Crippen LogP) is 3.78. The Kier molecular flexibility index (Phi) is 3.38. The van der Waals surface area contributed by atoms with Crippen molar-refractivity contribution in [1.29, 1.82) is 5.26 Å². The van der Waals surface area contributed by atoms with E-state index in [1.165, 1.54) is 30.5 Å². The fourth-order valence-electron chi connectivity index (χ4n) is 2.66. The van der Waals surface area contributed by atoms with Gasteiger partial charge in [-0.05, 0) is 55.9 Å². The van der Waals surface area contributed by atoms with Crippen LogP contribution in [0.2, 0.25) is 0 Å². The second kappa shape index (κ2) is 4.79. The number of nitriles is 1. The third kappa shape index (κ3) is 2.29. The molecule has 90 valence electrons. The van der Waals surface area contributed by atoms with Crippen molar-refractivity contribution in [2.24, 2.45) is 5.92 Å². The molecule has 17 heavy (non-hydrogen) atoms. The molecule has 2 rings (SSSR count). The average molecular weight is 228 g/mol. The van der Waals surface area contributed by atoms with E-state index in [9.17, 15) is 0 Å². The molecule has 0 bridgehead atoms. The largest absolute Gasteiger partial charge is 0.382 e. The molecule has 0 aliphatic heterocycles. The van der Waals surface area contributed by atoms with E-state index >= 15 is 0 Å². The van der Waals surface area contributed by atoms with Gasteiger partial charge in [0, 0.05) is 11.7 Å². The molecule has 1 aromatic carbocycles. The van der Waals surface area contributed by atoms with Crippen LogP contribution in [0.25, 0.3) is 0 Å². The number of nitrogens with zero attached hydrogens (tertiary/aromatic N) is 1. The highest BCUT2D eigenvalue weighted by molar-refractivity contribution is 5.59. The molecule has 0 radical (unpaired) electrons. The fraction of sp³-hybridized carbons (Fsp3) is 0.533. The first-order chi connectivity index (χ1) is 8.13. The van der Waals surface area contributed by atoms with E-state index in [1.807, 2.05) is 19.1 Å². The molecule has 0 aromatic heterocycles. The summed E-state index contributed by atoms with van der Waals surface area (Å²) in [6.45, 7) is 6.44. The van der Waals surface area contributed by atoms with Crippen molar-refractivity contribution in [3.05, 3.63) is 28.8 Å². The van der Waals surface area contributed by atoms with Gasteiger partial charge in [-0.2, -0.15) is 5.26 Å². The minimum Gasteiger partial charge on any atom is -0.382 e. The average Bonchev–Trinajstić information content (AvgIpc) is 2.71. The van der Waals surface area contributed by atoms with Gasteiger partial charge >= 0.3 is 0 Å². The summed E-state index contributed by atoms with van der Waals surface area (Å²) in [6, 6.07) is 6.80. The van der Waals surface area contributed by atoms with Crippen LogP contribution in [-0.2, 0) is 0 Å². The number of rotatable bonds is 2. The molecule has 1 aromatic rings. The summed E-state index contributed by atoms with van der Waals surface area (Å²) >= 11 is 0. The Morgan fingerprint density at radius 2 is 2.00 bits per heavy atom. The Bertz CT molecular complexity index is 457. The first-order valence-corrected chi connectivity index (χ1v) is 6.40. The van der Waals surface area contributed by atoms with Crippen LogP contribution in [0.15, 0.2) is 12.1 Å². The molecule has 1 saturated carbocycles. The van der Waals surface area contributed by atoms with Crippen LogP contribution in [0.1, 0.15) is 42.9 Å². The van der Waals surface area contributed by atoms with E-state index in [0.29, 0.717) is 6.04 Å². The van der Waals surface area contributed by atoms with Crippen molar-refractivity contribution >= 4 is 5.69 Å². The predicted molar refractivity (Wildman–Crippen MR) is 71.1 cm³/mol. The molecular formula is C15H20N2. The van der Waals surface area contributed by atoms with Gasteiger partial charge in [0.25, 0.3) is 0 Å². The molecule has 1 N–H and O–H groups in total. The van der Waals surface area contributed by atoms with Crippen LogP contribution in [-0.4, -0.2) is 6.04 Å². The van der Waals surface area contributed by atoms with Crippen molar-refractivity contribution in [3.8, 4) is 6.07 Å². The Hall–Kier alpha value is -1.49. The molecule has 2 atom stereocenters. The maximum atomic E-state index is 8.99. The summed E-state index contributed by atoms with van der Waals surface area (Å²) in [4.78, 5) is 0. The first kappa shape index (κ1) is 12.0. The van der Waals surface area contributed by atoms with Crippen LogP contribution >= 0.6 is 0 Å². The van der Waals surface area contributed by atoms with Crippen LogP contribution in [0.4, 0.5) is 5.69 Å². The topological polar surface area (TPSA) is 35.8 Å². The van der Waals surface area contributed by atoms with Crippen LogP contribution in [0.3, 0.4) is 0 Å². The Morgan fingerprint density at radius 3 is 2.59 bits per heavy atom. The summed E-state index contributed by atoms with van der Waals surface area (Å²) in [5.41, 5.74) is 4.29. The zero-order valence-electron chi connectivity index (χ0n) is 10.9. The lowest BCUT2D eigenvalue weighted by Gasteiger charge is -2.21. The third-order valence-corrected chi connectivity index (χ3v) is 4.11. The second-order valence-electron chi connectivity index (χ2n) is 5.18. The zero-order valence-corrected chi connectivity index (χ0v) is 10.9. The Morgan fingerprint density at radius 1 is 1.24 bits per heavy atom. The standard InChI is InChI=1S/C15H20N2/c1-10-5-4-6-14(10)17-15-8-7-13(9-16)11(2)12(15)3/h7-8,10,14,17H,4-6H2,1-3H3. The van der Waals surface area contributed by atoms with Gasteiger partial charge in [-0.25, -0.2) is 0 Å². The van der Waals surface area contributed by atoms with E-state index in [2.05, 4.69) is 25.2 Å². The SMILES string of the molecule is Cc1c(C#N)ccc(NC2CCCC2C)c1C. The number of hydrogen-bond donors (Lipinski definition) is 1. The number of benzene rings is 1. The molecule has 0 heterocycles. The molecule has 2 unspecified atom stereocenters. The van der Waals surface area contributed by atoms with E-state index in [1.54, 1.807) is 0 Å². The Labute approximate surface area is 104 Å². The van der Waals surface area contributed by atoms with E-state index in [-0.39, 0.29) is 0 Å². The van der Waals surface area contributed by atoms with Gasteiger partial charge in [0.05, 0.1) is 11.6 Å². The Balaban J connectivity index is 2.22. The van der Waals surface area contributed by atoms with E-state index in [4.69, 9.17) is 5.26 Å². The summed E-state index contributed by atoms with van der Waals surface area (Å²) in [5, 5.41) is 12.6. The van der Waals surface area contributed by atoms with Crippen LogP contribution in [0.5, 0.6) is 0 Å². The maximum absolute atomic E-state index is 8.99. The van der Waals surface area contributed by atoms with Crippen LogP contribution < -0.4 is 5.32 Å². The molecule has 1 aliphatic rings. The molecule has 2 nitrogen and oxygen atoms in total. The monoisotopic (exact) mass is 228 g/mol. The minimum absolute atomic E-state index is 0.598. The van der Waals surface area contributed by atoms with Gasteiger partial charge in [0.15, 0.2) is 0 Å². The lowest BCUT2D eigenvalue weighted by Crippen LogP contribution is -2.22. The molecule has 2 heteroatoms. The van der Waals surface area contributed by atoms with E-state index in [0.717, 1.165) is 17.0 Å². The fourth-order valence-corrected chi connectivity index (χ4v) is 2.66. The van der Waals surface area contributed by atoms with Gasteiger partial charge in [-0.3, -0.25) is 0 Å². The third-order valence-electron chi connectivity index (χ3n) is 4.11. The normalized spacial score (nSPS) is 23.4. The van der Waals surface area contributed by atoms with Crippen molar-refractivity contribution in [3.63, 3.8) is 0 Å². The number of anilines is 1. The molecule has 0 amide bonds. The van der Waals surface area contributed by atoms with Crippen molar-refractivity contribution in [1.82, 2.24) is 0 Å². The second-order valence-corrected chi connectivity index (χ2v) is 5.18. The highest BCUT2D eigenvalue weighted by Gasteiger charge is 2.23. The van der Waals surface area contributed by atoms with Gasteiger partial charge < -0.3 is 5.32 Å². The number of hydrogen-bond acceptors (Lipinski definition) is 2. The van der Waals surface area contributed by atoms with Gasteiger partial charge in [0.2, 0.25) is 0 Å². The highest BCUT2D eigenvalue weighted by atomic mass is 14.9. The smallest absolute Gasteiger partial charge is 0.0994 e. The summed E-state index contributed by atoms with van der Waals surface area (Å²) in [7, 11) is 0. The van der Waals surface area contributed by atoms with E-state index < -0.39 is 0 Å². The zero-order chi connectivity index (χ0) is 12.4. The van der Waals surface area contributed by atoms with Gasteiger partial charge in [-0.15, -0.1) is 0 Å². The molecular weight excluding hydrogens is 208 g/mol. The van der Waals surface area contributed by atoms with Crippen molar-refractivity contribution < 1.29 is 0 Å². The maximum Gasteiger partial charge on any atom is 0.0994 e. The number of nitrogens with one attached hydrogen (secondary N) is 1. The summed E-state index contributed by atoms with van der Waals surface area (Å²) in [5.74, 6) is 0.755. The van der Waals surface area contributed by atoms with Crippen molar-refractivity contribution in [2.75, 3.05) is 5.32 Å². The highest BCUT2D eigenvalue weighted by Crippen LogP contribution is 2.30.